The number of urea groups is 1. The van der Waals surface area contributed by atoms with E-state index in [-0.39, 0.29) is 24.3 Å². The van der Waals surface area contributed by atoms with Crippen LogP contribution in [-0.2, 0) is 9.59 Å². The SMILES string of the molecule is CCCN1C(=O)CC(=O)N(C2CCCCC2)C1=O. The van der Waals surface area contributed by atoms with Gasteiger partial charge in [0.2, 0.25) is 11.8 Å². The summed E-state index contributed by atoms with van der Waals surface area (Å²) in [6.45, 7) is 2.33. The highest BCUT2D eigenvalue weighted by Gasteiger charge is 2.41. The lowest BCUT2D eigenvalue weighted by molar-refractivity contribution is -0.144. The molecule has 4 amide bonds. The molecule has 0 bridgehead atoms. The van der Waals surface area contributed by atoms with Gasteiger partial charge in [0.15, 0.2) is 0 Å². The third-order valence-corrected chi connectivity index (χ3v) is 3.70. The maximum atomic E-state index is 12.2. The van der Waals surface area contributed by atoms with E-state index in [2.05, 4.69) is 0 Å². The van der Waals surface area contributed by atoms with Gasteiger partial charge in [0.05, 0.1) is 0 Å². The molecule has 0 aromatic rings. The number of barbiturate groups is 1. The lowest BCUT2D eigenvalue weighted by Gasteiger charge is -2.38. The molecule has 2 fully saturated rings. The smallest absolute Gasteiger partial charge is 0.274 e. The van der Waals surface area contributed by atoms with Gasteiger partial charge in [0, 0.05) is 12.6 Å². The van der Waals surface area contributed by atoms with Gasteiger partial charge >= 0.3 is 6.03 Å². The Morgan fingerprint density at radius 2 is 1.72 bits per heavy atom. The van der Waals surface area contributed by atoms with Crippen LogP contribution in [0.2, 0.25) is 0 Å². The van der Waals surface area contributed by atoms with Crippen molar-refractivity contribution in [3.63, 3.8) is 0 Å². The van der Waals surface area contributed by atoms with Crippen molar-refractivity contribution in [1.82, 2.24) is 9.80 Å². The number of amides is 4. The molecule has 2 rings (SSSR count). The Balaban J connectivity index is 2.14. The van der Waals surface area contributed by atoms with Crippen LogP contribution < -0.4 is 0 Å². The summed E-state index contributed by atoms with van der Waals surface area (Å²) in [6.07, 6.45) is 5.63. The Hall–Kier alpha value is -1.39. The summed E-state index contributed by atoms with van der Waals surface area (Å²) in [5, 5.41) is 0. The first-order valence-corrected chi connectivity index (χ1v) is 6.81. The zero-order valence-electron chi connectivity index (χ0n) is 10.9. The molecule has 1 saturated heterocycles. The van der Waals surface area contributed by atoms with Crippen molar-refractivity contribution in [2.45, 2.75) is 57.9 Å². The molecule has 0 spiro atoms. The maximum Gasteiger partial charge on any atom is 0.333 e. The minimum Gasteiger partial charge on any atom is -0.274 e. The van der Waals surface area contributed by atoms with Gasteiger partial charge in [-0.25, -0.2) is 4.79 Å². The second-order valence-electron chi connectivity index (χ2n) is 5.06. The third-order valence-electron chi connectivity index (χ3n) is 3.70. The van der Waals surface area contributed by atoms with Crippen molar-refractivity contribution >= 4 is 17.8 Å². The molecule has 2 aliphatic rings. The van der Waals surface area contributed by atoms with Gasteiger partial charge in [-0.1, -0.05) is 26.2 Å². The van der Waals surface area contributed by atoms with Crippen molar-refractivity contribution in [2.75, 3.05) is 6.54 Å². The number of rotatable bonds is 3. The van der Waals surface area contributed by atoms with Gasteiger partial charge in [0.25, 0.3) is 0 Å². The largest absolute Gasteiger partial charge is 0.333 e. The molecule has 5 nitrogen and oxygen atoms in total. The minimum atomic E-state index is -0.398. The van der Waals surface area contributed by atoms with Gasteiger partial charge in [0.1, 0.15) is 6.42 Å². The fraction of sp³-hybridized carbons (Fsp3) is 0.769. The van der Waals surface area contributed by atoms with Crippen LogP contribution in [0.15, 0.2) is 0 Å². The van der Waals surface area contributed by atoms with Crippen LogP contribution in [0.4, 0.5) is 4.79 Å². The second-order valence-corrected chi connectivity index (χ2v) is 5.06. The zero-order valence-corrected chi connectivity index (χ0v) is 10.9. The van der Waals surface area contributed by atoms with E-state index in [1.165, 1.54) is 16.2 Å². The van der Waals surface area contributed by atoms with Gasteiger partial charge in [-0.05, 0) is 19.3 Å². The number of carbonyl (C=O) groups is 3. The molecule has 1 saturated carbocycles. The van der Waals surface area contributed by atoms with Crippen LogP contribution in [0.1, 0.15) is 51.9 Å². The molecule has 5 heteroatoms. The molecule has 100 valence electrons. The van der Waals surface area contributed by atoms with E-state index < -0.39 is 6.03 Å². The van der Waals surface area contributed by atoms with E-state index in [4.69, 9.17) is 0 Å². The lowest BCUT2D eigenvalue weighted by atomic mass is 9.93. The molecule has 1 heterocycles. The normalized spacial score (nSPS) is 22.8. The summed E-state index contributed by atoms with van der Waals surface area (Å²) in [7, 11) is 0. The molecule has 18 heavy (non-hydrogen) atoms. The van der Waals surface area contributed by atoms with E-state index >= 15 is 0 Å². The van der Waals surface area contributed by atoms with Gasteiger partial charge in [-0.3, -0.25) is 19.4 Å². The zero-order chi connectivity index (χ0) is 13.1. The van der Waals surface area contributed by atoms with Crippen LogP contribution in [0.3, 0.4) is 0 Å². The first kappa shape index (κ1) is 13.1. The monoisotopic (exact) mass is 252 g/mol. The van der Waals surface area contributed by atoms with Crippen LogP contribution in [0, 0.1) is 0 Å². The van der Waals surface area contributed by atoms with E-state index in [1.54, 1.807) is 0 Å². The summed E-state index contributed by atoms with van der Waals surface area (Å²) in [4.78, 5) is 38.4. The topological polar surface area (TPSA) is 57.7 Å². The number of carbonyl (C=O) groups excluding carboxylic acids is 3. The Labute approximate surface area is 107 Å². The number of hydrogen-bond donors (Lipinski definition) is 0. The number of imide groups is 2. The fourth-order valence-corrected chi connectivity index (χ4v) is 2.80. The Morgan fingerprint density at radius 3 is 2.33 bits per heavy atom. The van der Waals surface area contributed by atoms with Crippen LogP contribution in [0.25, 0.3) is 0 Å². The van der Waals surface area contributed by atoms with Crippen molar-refractivity contribution in [1.29, 1.82) is 0 Å². The third kappa shape index (κ3) is 2.40. The molecular weight excluding hydrogens is 232 g/mol. The van der Waals surface area contributed by atoms with E-state index in [1.807, 2.05) is 6.92 Å². The summed E-state index contributed by atoms with van der Waals surface area (Å²) >= 11 is 0. The molecule has 1 aliphatic heterocycles. The molecule has 0 atom stereocenters. The number of hydrogen-bond acceptors (Lipinski definition) is 3. The summed E-state index contributed by atoms with van der Waals surface area (Å²) in [6, 6.07) is -0.392. The Kier molecular flexibility index (Phi) is 3.99. The number of nitrogens with zero attached hydrogens (tertiary/aromatic N) is 2. The standard InChI is InChI=1S/C13H20N2O3/c1-2-8-14-11(16)9-12(17)15(13(14)18)10-6-4-3-5-7-10/h10H,2-9H2,1H3. The maximum absolute atomic E-state index is 12.2. The van der Waals surface area contributed by atoms with E-state index in [0.29, 0.717) is 6.54 Å². The Morgan fingerprint density at radius 1 is 1.06 bits per heavy atom. The van der Waals surface area contributed by atoms with Crippen molar-refractivity contribution < 1.29 is 14.4 Å². The van der Waals surface area contributed by atoms with E-state index in [0.717, 1.165) is 32.1 Å². The highest BCUT2D eigenvalue weighted by atomic mass is 16.2. The average Bonchev–Trinajstić information content (AvgIpc) is 2.35. The van der Waals surface area contributed by atoms with Crippen LogP contribution in [0.5, 0.6) is 0 Å². The molecule has 0 aromatic carbocycles. The predicted molar refractivity (Wildman–Crippen MR) is 65.7 cm³/mol. The first-order valence-electron chi connectivity index (χ1n) is 6.81. The van der Waals surface area contributed by atoms with Crippen molar-refractivity contribution in [2.24, 2.45) is 0 Å². The quantitative estimate of drug-likeness (QED) is 0.721. The highest BCUT2D eigenvalue weighted by molar-refractivity contribution is 6.14. The average molecular weight is 252 g/mol. The second kappa shape index (κ2) is 5.50. The van der Waals surface area contributed by atoms with Crippen LogP contribution >= 0.6 is 0 Å². The van der Waals surface area contributed by atoms with Crippen molar-refractivity contribution in [3.8, 4) is 0 Å². The van der Waals surface area contributed by atoms with Gasteiger partial charge in [-0.2, -0.15) is 0 Å². The molecule has 0 radical (unpaired) electrons. The molecule has 0 unspecified atom stereocenters. The van der Waals surface area contributed by atoms with Crippen molar-refractivity contribution in [3.05, 3.63) is 0 Å². The minimum absolute atomic E-state index is 0.00575. The summed E-state index contributed by atoms with van der Waals surface area (Å²) in [5.74, 6) is -0.664. The lowest BCUT2D eigenvalue weighted by Crippen LogP contribution is -2.58. The first-order chi connectivity index (χ1) is 8.65. The molecule has 0 aromatic heterocycles. The molecule has 1 aliphatic carbocycles. The van der Waals surface area contributed by atoms with Crippen LogP contribution in [-0.4, -0.2) is 40.2 Å². The Bertz CT molecular complexity index is 361. The fourth-order valence-electron chi connectivity index (χ4n) is 2.80. The molecular formula is C13H20N2O3. The van der Waals surface area contributed by atoms with Gasteiger partial charge in [-0.15, -0.1) is 0 Å². The van der Waals surface area contributed by atoms with E-state index in [9.17, 15) is 14.4 Å². The van der Waals surface area contributed by atoms with Gasteiger partial charge < -0.3 is 0 Å². The molecule has 0 N–H and O–H groups in total. The summed E-state index contributed by atoms with van der Waals surface area (Å²) in [5.41, 5.74) is 0. The summed E-state index contributed by atoms with van der Waals surface area (Å²) < 4.78 is 0. The predicted octanol–water partition coefficient (Wildman–Crippen LogP) is 1.91. The highest BCUT2D eigenvalue weighted by Crippen LogP contribution is 2.26.